The van der Waals surface area contributed by atoms with E-state index in [0.29, 0.717) is 0 Å². The molecule has 1 aromatic rings. The van der Waals surface area contributed by atoms with Gasteiger partial charge in [0.15, 0.2) is 0 Å². The maximum atomic E-state index is 3.50. The van der Waals surface area contributed by atoms with Crippen LogP contribution in [0.2, 0.25) is 0 Å². The first kappa shape index (κ1) is 10.7. The highest BCUT2D eigenvalue weighted by atomic mass is 79.9. The van der Waals surface area contributed by atoms with Crippen LogP contribution in [-0.2, 0) is 5.54 Å². The molecule has 0 aromatic heterocycles. The summed E-state index contributed by atoms with van der Waals surface area (Å²) in [4.78, 5) is 0. The van der Waals surface area contributed by atoms with Crippen molar-refractivity contribution in [1.82, 2.24) is 5.32 Å². The fraction of sp³-hybridized carbons (Fsp3) is 0.455. The first-order valence-corrected chi connectivity index (χ1v) is 5.22. The van der Waals surface area contributed by atoms with Crippen LogP contribution >= 0.6 is 15.9 Å². The van der Waals surface area contributed by atoms with Gasteiger partial charge in [0.2, 0.25) is 0 Å². The maximum Gasteiger partial charge on any atom is 0.0375 e. The summed E-state index contributed by atoms with van der Waals surface area (Å²) >= 11 is 3.50. The molecule has 0 atom stereocenters. The Morgan fingerprint density at radius 3 is 2.38 bits per heavy atom. The first-order chi connectivity index (χ1) is 5.97. The van der Waals surface area contributed by atoms with Gasteiger partial charge in [0, 0.05) is 10.0 Å². The molecule has 0 aliphatic carbocycles. The van der Waals surface area contributed by atoms with Gasteiger partial charge >= 0.3 is 0 Å². The van der Waals surface area contributed by atoms with E-state index in [1.54, 1.807) is 0 Å². The zero-order valence-electron chi connectivity index (χ0n) is 8.61. The minimum atomic E-state index is 0.0471. The standard InChI is InChI=1S/C11H16BrN/c1-8-7-9(5-6-10(8)12)11(2,3)13-4/h5-7,13H,1-4H3. The minimum absolute atomic E-state index is 0.0471. The van der Waals surface area contributed by atoms with E-state index in [1.807, 2.05) is 7.05 Å². The van der Waals surface area contributed by atoms with E-state index in [-0.39, 0.29) is 5.54 Å². The molecule has 2 heteroatoms. The van der Waals surface area contributed by atoms with E-state index in [9.17, 15) is 0 Å². The molecule has 0 unspecified atom stereocenters. The van der Waals surface area contributed by atoms with Crippen LogP contribution in [0.5, 0.6) is 0 Å². The van der Waals surface area contributed by atoms with Crippen molar-refractivity contribution in [3.05, 3.63) is 33.8 Å². The molecule has 0 bridgehead atoms. The number of hydrogen-bond donors (Lipinski definition) is 1. The molecule has 1 rings (SSSR count). The Morgan fingerprint density at radius 2 is 1.92 bits per heavy atom. The molecule has 0 spiro atoms. The highest BCUT2D eigenvalue weighted by Crippen LogP contribution is 2.24. The Hall–Kier alpha value is -0.340. The zero-order chi connectivity index (χ0) is 10.1. The van der Waals surface area contributed by atoms with Crippen LogP contribution < -0.4 is 5.32 Å². The molecule has 0 aliphatic rings. The van der Waals surface area contributed by atoms with Crippen molar-refractivity contribution in [3.8, 4) is 0 Å². The summed E-state index contributed by atoms with van der Waals surface area (Å²) in [5.41, 5.74) is 2.64. The summed E-state index contributed by atoms with van der Waals surface area (Å²) in [7, 11) is 1.98. The van der Waals surface area contributed by atoms with Gasteiger partial charge in [0.05, 0.1) is 0 Å². The van der Waals surface area contributed by atoms with Gasteiger partial charge in [0.25, 0.3) is 0 Å². The monoisotopic (exact) mass is 241 g/mol. The molecule has 0 amide bonds. The fourth-order valence-electron chi connectivity index (χ4n) is 1.18. The smallest absolute Gasteiger partial charge is 0.0375 e. The van der Waals surface area contributed by atoms with Gasteiger partial charge in [-0.1, -0.05) is 28.1 Å². The summed E-state index contributed by atoms with van der Waals surface area (Å²) in [6, 6.07) is 6.46. The third-order valence-corrected chi connectivity index (χ3v) is 3.39. The minimum Gasteiger partial charge on any atom is -0.311 e. The van der Waals surface area contributed by atoms with Crippen LogP contribution in [0.25, 0.3) is 0 Å². The highest BCUT2D eigenvalue weighted by Gasteiger charge is 2.17. The summed E-state index contributed by atoms with van der Waals surface area (Å²) in [6.07, 6.45) is 0. The molecule has 0 aliphatic heterocycles. The molecule has 0 saturated carbocycles. The first-order valence-electron chi connectivity index (χ1n) is 4.43. The normalized spacial score (nSPS) is 11.8. The number of hydrogen-bond acceptors (Lipinski definition) is 1. The van der Waals surface area contributed by atoms with E-state index >= 15 is 0 Å². The van der Waals surface area contributed by atoms with Gasteiger partial charge in [0.1, 0.15) is 0 Å². The Bertz CT molecular complexity index is 305. The van der Waals surface area contributed by atoms with Crippen molar-refractivity contribution in [2.24, 2.45) is 0 Å². The lowest BCUT2D eigenvalue weighted by atomic mass is 9.93. The Morgan fingerprint density at radius 1 is 1.31 bits per heavy atom. The molecule has 0 fully saturated rings. The number of nitrogens with one attached hydrogen (secondary N) is 1. The van der Waals surface area contributed by atoms with Gasteiger partial charge in [-0.2, -0.15) is 0 Å². The van der Waals surface area contributed by atoms with Gasteiger partial charge in [-0.25, -0.2) is 0 Å². The van der Waals surface area contributed by atoms with Crippen molar-refractivity contribution in [2.45, 2.75) is 26.3 Å². The molecule has 0 heterocycles. The van der Waals surface area contributed by atoms with Crippen molar-refractivity contribution < 1.29 is 0 Å². The van der Waals surface area contributed by atoms with Crippen LogP contribution in [0, 0.1) is 6.92 Å². The molecule has 13 heavy (non-hydrogen) atoms. The van der Waals surface area contributed by atoms with Gasteiger partial charge < -0.3 is 5.32 Å². The van der Waals surface area contributed by atoms with Crippen LogP contribution in [0.15, 0.2) is 22.7 Å². The van der Waals surface area contributed by atoms with E-state index in [4.69, 9.17) is 0 Å². The molecular formula is C11H16BrN. The van der Waals surface area contributed by atoms with E-state index in [0.717, 1.165) is 0 Å². The largest absolute Gasteiger partial charge is 0.311 e. The highest BCUT2D eigenvalue weighted by molar-refractivity contribution is 9.10. The van der Waals surface area contributed by atoms with Gasteiger partial charge in [-0.3, -0.25) is 0 Å². The molecule has 0 saturated heterocycles. The predicted molar refractivity (Wildman–Crippen MR) is 61.0 cm³/mol. The molecule has 1 N–H and O–H groups in total. The molecule has 0 radical (unpaired) electrons. The SMILES string of the molecule is CNC(C)(C)c1ccc(Br)c(C)c1. The lowest BCUT2D eigenvalue weighted by Gasteiger charge is -2.25. The van der Waals surface area contributed by atoms with Gasteiger partial charge in [-0.15, -0.1) is 0 Å². The van der Waals surface area contributed by atoms with Gasteiger partial charge in [-0.05, 0) is 45.0 Å². The quantitative estimate of drug-likeness (QED) is 0.839. The Kier molecular flexibility index (Phi) is 3.14. The van der Waals surface area contributed by atoms with Crippen LogP contribution in [0.1, 0.15) is 25.0 Å². The van der Waals surface area contributed by atoms with Crippen molar-refractivity contribution in [3.63, 3.8) is 0 Å². The number of halogens is 1. The van der Waals surface area contributed by atoms with E-state index < -0.39 is 0 Å². The lowest BCUT2D eigenvalue weighted by Crippen LogP contribution is -2.33. The summed E-state index contributed by atoms with van der Waals surface area (Å²) in [6.45, 7) is 6.46. The molecule has 1 aromatic carbocycles. The average molecular weight is 242 g/mol. The third-order valence-electron chi connectivity index (χ3n) is 2.50. The molecular weight excluding hydrogens is 226 g/mol. The van der Waals surface area contributed by atoms with Crippen LogP contribution in [0.3, 0.4) is 0 Å². The summed E-state index contributed by atoms with van der Waals surface area (Å²) in [5.74, 6) is 0. The maximum absolute atomic E-state index is 3.50. The van der Waals surface area contributed by atoms with E-state index in [1.165, 1.54) is 15.6 Å². The van der Waals surface area contributed by atoms with Crippen LogP contribution in [0.4, 0.5) is 0 Å². The zero-order valence-corrected chi connectivity index (χ0v) is 10.2. The third kappa shape index (κ3) is 2.32. The number of benzene rings is 1. The Balaban J connectivity index is 3.10. The van der Waals surface area contributed by atoms with Crippen LogP contribution in [-0.4, -0.2) is 7.05 Å². The fourth-order valence-corrected chi connectivity index (χ4v) is 1.42. The topological polar surface area (TPSA) is 12.0 Å². The Labute approximate surface area is 88.7 Å². The average Bonchev–Trinajstić information content (AvgIpc) is 2.09. The van der Waals surface area contributed by atoms with Crippen molar-refractivity contribution in [1.29, 1.82) is 0 Å². The molecule has 1 nitrogen and oxygen atoms in total. The van der Waals surface area contributed by atoms with Crippen molar-refractivity contribution >= 4 is 15.9 Å². The number of rotatable bonds is 2. The second-order valence-electron chi connectivity index (χ2n) is 3.84. The predicted octanol–water partition coefficient (Wildman–Crippen LogP) is 3.21. The van der Waals surface area contributed by atoms with E-state index in [2.05, 4.69) is 60.2 Å². The lowest BCUT2D eigenvalue weighted by molar-refractivity contribution is 0.444. The summed E-state index contributed by atoms with van der Waals surface area (Å²) in [5, 5.41) is 3.29. The number of aryl methyl sites for hydroxylation is 1. The van der Waals surface area contributed by atoms with Crippen molar-refractivity contribution in [2.75, 3.05) is 7.05 Å². The second kappa shape index (κ2) is 3.81. The second-order valence-corrected chi connectivity index (χ2v) is 4.69. The summed E-state index contributed by atoms with van der Waals surface area (Å²) < 4.78 is 1.17. The molecule has 72 valence electrons.